The second-order valence-corrected chi connectivity index (χ2v) is 7.24. The van der Waals surface area contributed by atoms with E-state index in [1.807, 2.05) is 18.2 Å². The minimum atomic E-state index is -0.387. The number of ether oxygens (including phenoxy) is 1. The third-order valence-electron chi connectivity index (χ3n) is 3.49. The smallest absolute Gasteiger partial charge is 0.269 e. The predicted molar refractivity (Wildman–Crippen MR) is 92.2 cm³/mol. The molecule has 7 heteroatoms. The molecule has 0 saturated heterocycles. The number of carbonyl (C=O) groups excluding carboxylic acids is 1. The van der Waals surface area contributed by atoms with Crippen LogP contribution in [-0.2, 0) is 12.0 Å². The summed E-state index contributed by atoms with van der Waals surface area (Å²) in [6.07, 6.45) is 0. The van der Waals surface area contributed by atoms with Crippen LogP contribution in [0, 0.1) is 6.92 Å². The zero-order valence-electron chi connectivity index (χ0n) is 13.7. The Kier molecular flexibility index (Phi) is 5.11. The molecule has 23 heavy (non-hydrogen) atoms. The fourth-order valence-corrected chi connectivity index (χ4v) is 2.68. The van der Waals surface area contributed by atoms with Gasteiger partial charge < -0.3 is 4.74 Å². The molecule has 1 aromatic carbocycles. The monoisotopic (exact) mass is 380 g/mol. The number of amides is 1. The highest BCUT2D eigenvalue weighted by atomic mass is 79.9. The van der Waals surface area contributed by atoms with E-state index in [9.17, 15) is 4.79 Å². The van der Waals surface area contributed by atoms with Gasteiger partial charge in [-0.3, -0.25) is 15.3 Å². The van der Waals surface area contributed by atoms with Crippen molar-refractivity contribution >= 4 is 21.8 Å². The third kappa shape index (κ3) is 3.92. The number of nitrogens with two attached hydrogens (primary N) is 1. The number of H-pyrrole nitrogens is 1. The molecule has 0 fully saturated rings. The average molecular weight is 381 g/mol. The summed E-state index contributed by atoms with van der Waals surface area (Å²) < 4.78 is 6.92. The highest BCUT2D eigenvalue weighted by Gasteiger charge is 2.21. The molecule has 1 heterocycles. The number of hydrazine groups is 1. The van der Waals surface area contributed by atoms with Crippen molar-refractivity contribution in [2.45, 2.75) is 39.7 Å². The Balaban J connectivity index is 2.28. The van der Waals surface area contributed by atoms with Gasteiger partial charge in [0.2, 0.25) is 0 Å². The van der Waals surface area contributed by atoms with Crippen LogP contribution in [0.2, 0.25) is 0 Å². The van der Waals surface area contributed by atoms with Gasteiger partial charge in [0.1, 0.15) is 18.1 Å². The SMILES string of the molecule is Cc1[nH]nc(COc2ccc(Br)cc2C(C)(C)C)c1C(=O)NN. The van der Waals surface area contributed by atoms with Gasteiger partial charge in [0, 0.05) is 15.7 Å². The first kappa shape index (κ1) is 17.5. The number of nitrogens with zero attached hydrogens (tertiary/aromatic N) is 1. The van der Waals surface area contributed by atoms with Crippen molar-refractivity contribution in [3.8, 4) is 5.75 Å². The number of carbonyl (C=O) groups is 1. The van der Waals surface area contributed by atoms with Crippen LogP contribution in [0.15, 0.2) is 22.7 Å². The molecule has 2 aromatic rings. The van der Waals surface area contributed by atoms with Crippen LogP contribution in [0.4, 0.5) is 0 Å². The fourth-order valence-electron chi connectivity index (χ4n) is 2.32. The summed E-state index contributed by atoms with van der Waals surface area (Å²) in [5.41, 5.74) is 4.72. The molecule has 6 nitrogen and oxygen atoms in total. The summed E-state index contributed by atoms with van der Waals surface area (Å²) in [6, 6.07) is 5.87. The van der Waals surface area contributed by atoms with Crippen LogP contribution in [0.5, 0.6) is 5.75 Å². The van der Waals surface area contributed by atoms with Crippen molar-refractivity contribution in [1.29, 1.82) is 0 Å². The number of nitrogens with one attached hydrogen (secondary N) is 2. The van der Waals surface area contributed by atoms with Crippen LogP contribution < -0.4 is 16.0 Å². The van der Waals surface area contributed by atoms with Gasteiger partial charge in [-0.15, -0.1) is 0 Å². The summed E-state index contributed by atoms with van der Waals surface area (Å²) in [5.74, 6) is 5.60. The van der Waals surface area contributed by atoms with E-state index in [0.29, 0.717) is 17.0 Å². The standard InChI is InChI=1S/C16H21BrN4O2/c1-9-14(15(22)19-18)12(21-20-9)8-23-13-6-5-10(17)7-11(13)16(2,3)4/h5-7H,8,18H2,1-4H3,(H,19,22)(H,20,21). The van der Waals surface area contributed by atoms with Crippen LogP contribution >= 0.6 is 15.9 Å². The maximum Gasteiger partial charge on any atom is 0.269 e. The van der Waals surface area contributed by atoms with Crippen LogP contribution in [0.3, 0.4) is 0 Å². The Labute approximate surface area is 143 Å². The van der Waals surface area contributed by atoms with Crippen molar-refractivity contribution in [2.75, 3.05) is 0 Å². The lowest BCUT2D eigenvalue weighted by Gasteiger charge is -2.23. The summed E-state index contributed by atoms with van der Waals surface area (Å²) >= 11 is 3.49. The molecule has 0 atom stereocenters. The van der Waals surface area contributed by atoms with E-state index < -0.39 is 0 Å². The Morgan fingerprint density at radius 3 is 2.74 bits per heavy atom. The first-order valence-corrected chi connectivity index (χ1v) is 8.01. The number of aromatic nitrogens is 2. The molecular weight excluding hydrogens is 360 g/mol. The maximum absolute atomic E-state index is 11.8. The molecular formula is C16H21BrN4O2. The Hall–Kier alpha value is -1.86. The molecule has 0 aliphatic rings. The first-order valence-electron chi connectivity index (χ1n) is 7.21. The number of aryl methyl sites for hydroxylation is 1. The van der Waals surface area contributed by atoms with Crippen molar-refractivity contribution < 1.29 is 9.53 Å². The molecule has 1 aromatic heterocycles. The number of nitrogen functional groups attached to an aromatic ring is 1. The summed E-state index contributed by atoms with van der Waals surface area (Å²) in [6.45, 7) is 8.30. The van der Waals surface area contributed by atoms with E-state index in [1.165, 1.54) is 0 Å². The number of halogens is 1. The lowest BCUT2D eigenvalue weighted by Crippen LogP contribution is -2.31. The van der Waals surface area contributed by atoms with E-state index in [1.54, 1.807) is 6.92 Å². The molecule has 0 aliphatic carbocycles. The highest BCUT2D eigenvalue weighted by Crippen LogP contribution is 2.34. The second-order valence-electron chi connectivity index (χ2n) is 6.32. The molecule has 2 rings (SSSR count). The van der Waals surface area contributed by atoms with Gasteiger partial charge in [0.15, 0.2) is 0 Å². The summed E-state index contributed by atoms with van der Waals surface area (Å²) in [4.78, 5) is 11.8. The van der Waals surface area contributed by atoms with Gasteiger partial charge in [-0.25, -0.2) is 5.84 Å². The van der Waals surface area contributed by atoms with E-state index in [4.69, 9.17) is 10.6 Å². The quantitative estimate of drug-likeness (QED) is 0.431. The Morgan fingerprint density at radius 2 is 2.13 bits per heavy atom. The van der Waals surface area contributed by atoms with Gasteiger partial charge in [-0.2, -0.15) is 5.10 Å². The average Bonchev–Trinajstić information content (AvgIpc) is 2.85. The van der Waals surface area contributed by atoms with Gasteiger partial charge in [-0.1, -0.05) is 36.7 Å². The number of hydrogen-bond acceptors (Lipinski definition) is 4. The van der Waals surface area contributed by atoms with E-state index in [2.05, 4.69) is 52.3 Å². The van der Waals surface area contributed by atoms with Crippen LogP contribution in [0.25, 0.3) is 0 Å². The molecule has 4 N–H and O–H groups in total. The molecule has 1 amide bonds. The van der Waals surface area contributed by atoms with Gasteiger partial charge in [0.05, 0.1) is 5.56 Å². The molecule has 0 unspecified atom stereocenters. The van der Waals surface area contributed by atoms with Crippen LogP contribution in [-0.4, -0.2) is 16.1 Å². The molecule has 0 spiro atoms. The van der Waals surface area contributed by atoms with E-state index in [-0.39, 0.29) is 17.9 Å². The van der Waals surface area contributed by atoms with Crippen molar-refractivity contribution in [3.05, 3.63) is 45.2 Å². The summed E-state index contributed by atoms with van der Waals surface area (Å²) in [7, 11) is 0. The van der Waals surface area contributed by atoms with Crippen molar-refractivity contribution in [1.82, 2.24) is 15.6 Å². The lowest BCUT2D eigenvalue weighted by atomic mass is 9.86. The fraction of sp³-hybridized carbons (Fsp3) is 0.375. The molecule has 0 bridgehead atoms. The number of aromatic amines is 1. The summed E-state index contributed by atoms with van der Waals surface area (Å²) in [5, 5.41) is 6.92. The van der Waals surface area contributed by atoms with Crippen molar-refractivity contribution in [2.24, 2.45) is 5.84 Å². The molecule has 0 radical (unpaired) electrons. The predicted octanol–water partition coefficient (Wildman–Crippen LogP) is 2.96. The second kappa shape index (κ2) is 6.72. The topological polar surface area (TPSA) is 93.0 Å². The zero-order chi connectivity index (χ0) is 17.2. The van der Waals surface area contributed by atoms with Gasteiger partial charge >= 0.3 is 0 Å². The largest absolute Gasteiger partial charge is 0.487 e. The molecule has 0 aliphatic heterocycles. The normalized spacial score (nSPS) is 11.4. The molecule has 124 valence electrons. The minimum Gasteiger partial charge on any atom is -0.487 e. The minimum absolute atomic E-state index is 0.0714. The van der Waals surface area contributed by atoms with Gasteiger partial charge in [0.25, 0.3) is 5.91 Å². The highest BCUT2D eigenvalue weighted by molar-refractivity contribution is 9.10. The van der Waals surface area contributed by atoms with E-state index in [0.717, 1.165) is 15.8 Å². The third-order valence-corrected chi connectivity index (χ3v) is 3.99. The maximum atomic E-state index is 11.8. The van der Waals surface area contributed by atoms with Crippen molar-refractivity contribution in [3.63, 3.8) is 0 Å². The Bertz CT molecular complexity index is 719. The number of rotatable bonds is 4. The van der Waals surface area contributed by atoms with E-state index >= 15 is 0 Å². The first-order chi connectivity index (χ1) is 10.7. The van der Waals surface area contributed by atoms with Gasteiger partial charge in [-0.05, 0) is 30.5 Å². The lowest BCUT2D eigenvalue weighted by molar-refractivity contribution is 0.0950. The zero-order valence-corrected chi connectivity index (χ0v) is 15.2. The Morgan fingerprint density at radius 1 is 1.43 bits per heavy atom. The number of benzene rings is 1. The van der Waals surface area contributed by atoms with Crippen LogP contribution in [0.1, 0.15) is 48.1 Å². The molecule has 0 saturated carbocycles. The number of hydrogen-bond donors (Lipinski definition) is 3.